The number of carbonyl (C=O) groups excluding carboxylic acids is 1. The van der Waals surface area contributed by atoms with E-state index in [4.69, 9.17) is 15.2 Å². The maximum atomic E-state index is 12.7. The summed E-state index contributed by atoms with van der Waals surface area (Å²) in [4.78, 5) is 12.7. The quantitative estimate of drug-likeness (QED) is 0.634. The van der Waals surface area contributed by atoms with Gasteiger partial charge >= 0.3 is 0 Å². The topological polar surface area (TPSA) is 85.6 Å². The summed E-state index contributed by atoms with van der Waals surface area (Å²) in [6, 6.07) is 0. The second kappa shape index (κ2) is 5.60. The number of ether oxygens (including phenoxy) is 2. The number of carbonyl (C=O) groups is 1. The minimum absolute atomic E-state index is 0.100. The van der Waals surface area contributed by atoms with Crippen molar-refractivity contribution >= 4 is 5.91 Å². The van der Waals surface area contributed by atoms with Crippen LogP contribution in [0, 0.1) is 11.3 Å². The molecule has 0 unspecified atom stereocenters. The molecule has 3 fully saturated rings. The van der Waals surface area contributed by atoms with Crippen molar-refractivity contribution in [2.24, 2.45) is 17.1 Å². The number of nitrogens with two attached hydrogens (primary N) is 1. The molecule has 3 saturated heterocycles. The molecular weight excluding hydrogens is 258 g/mol. The lowest BCUT2D eigenvalue weighted by Crippen LogP contribution is -2.58. The van der Waals surface area contributed by atoms with Crippen molar-refractivity contribution in [1.29, 1.82) is 0 Å². The smallest absolute Gasteiger partial charge is 0.230 e. The Kier molecular flexibility index (Phi) is 3.99. The number of fused-ring (bicyclic) bond motifs is 1. The summed E-state index contributed by atoms with van der Waals surface area (Å²) in [7, 11) is 0. The van der Waals surface area contributed by atoms with Crippen molar-refractivity contribution in [3.8, 4) is 0 Å². The van der Waals surface area contributed by atoms with Crippen LogP contribution in [0.2, 0.25) is 0 Å². The first-order valence-corrected chi connectivity index (χ1v) is 7.58. The van der Waals surface area contributed by atoms with Gasteiger partial charge in [0.25, 0.3) is 0 Å². The largest absolute Gasteiger partial charge is 0.381 e. The first-order valence-electron chi connectivity index (χ1n) is 7.58. The molecule has 3 heterocycles. The molecule has 1 amide bonds. The second-order valence-corrected chi connectivity index (χ2v) is 6.48. The highest BCUT2D eigenvalue weighted by molar-refractivity contribution is 5.84. The van der Waals surface area contributed by atoms with Crippen molar-refractivity contribution in [3.63, 3.8) is 0 Å². The van der Waals surface area contributed by atoms with Crippen LogP contribution in [-0.2, 0) is 14.3 Å². The molecule has 0 bridgehead atoms. The van der Waals surface area contributed by atoms with Gasteiger partial charge in [-0.15, -0.1) is 0 Å². The molecular formula is C14H25N3O3. The lowest BCUT2D eigenvalue weighted by atomic mass is 9.74. The summed E-state index contributed by atoms with van der Waals surface area (Å²) in [5.41, 5.74) is 5.62. The van der Waals surface area contributed by atoms with E-state index >= 15 is 0 Å². The Morgan fingerprint density at radius 2 is 2.10 bits per heavy atom. The zero-order chi connectivity index (χ0) is 14.1. The van der Waals surface area contributed by atoms with Crippen LogP contribution in [-0.4, -0.2) is 57.5 Å². The molecule has 0 radical (unpaired) electrons. The maximum Gasteiger partial charge on any atom is 0.230 e. The minimum atomic E-state index is -0.389. The normalized spacial score (nSPS) is 36.4. The third-order valence-corrected chi connectivity index (χ3v) is 5.12. The Bertz CT molecular complexity index is 371. The molecule has 20 heavy (non-hydrogen) atoms. The van der Waals surface area contributed by atoms with Gasteiger partial charge in [-0.25, -0.2) is 0 Å². The molecule has 0 spiro atoms. The van der Waals surface area contributed by atoms with Crippen LogP contribution in [0.3, 0.4) is 0 Å². The van der Waals surface area contributed by atoms with Crippen molar-refractivity contribution in [2.75, 3.05) is 46.1 Å². The van der Waals surface area contributed by atoms with Gasteiger partial charge in [0.1, 0.15) is 0 Å². The van der Waals surface area contributed by atoms with E-state index in [1.54, 1.807) is 0 Å². The molecule has 3 aliphatic rings. The van der Waals surface area contributed by atoms with Crippen molar-refractivity contribution in [1.82, 2.24) is 10.6 Å². The monoisotopic (exact) mass is 283 g/mol. The minimum Gasteiger partial charge on any atom is -0.381 e. The van der Waals surface area contributed by atoms with Crippen molar-refractivity contribution in [3.05, 3.63) is 0 Å². The first kappa shape index (κ1) is 14.3. The molecule has 0 saturated carbocycles. The van der Waals surface area contributed by atoms with Crippen LogP contribution < -0.4 is 16.4 Å². The van der Waals surface area contributed by atoms with Gasteiger partial charge in [-0.2, -0.15) is 0 Å². The Hall–Kier alpha value is -0.690. The Labute approximate surface area is 119 Å². The second-order valence-electron chi connectivity index (χ2n) is 6.48. The van der Waals surface area contributed by atoms with Crippen LogP contribution >= 0.6 is 0 Å². The standard InChI is InChI=1S/C14H25N3O3/c15-13(2-5-19-6-3-13)8-17-12(18)14-9-16-7-11(14)1-4-20-10-14/h11,16H,1-10,15H2,(H,17,18)/t11-,14+/m1/s1. The fraction of sp³-hybridized carbons (Fsp3) is 0.929. The summed E-state index contributed by atoms with van der Waals surface area (Å²) in [6.45, 7) is 4.82. The zero-order valence-electron chi connectivity index (χ0n) is 12.0. The van der Waals surface area contributed by atoms with Gasteiger partial charge in [-0.05, 0) is 31.7 Å². The van der Waals surface area contributed by atoms with E-state index in [-0.39, 0.29) is 16.9 Å². The SMILES string of the molecule is NC1(CNC(=O)[C@]23CNC[C@H]2CCOC3)CCOCC1. The molecule has 2 atom stereocenters. The Morgan fingerprint density at radius 3 is 2.90 bits per heavy atom. The van der Waals surface area contributed by atoms with Crippen molar-refractivity contribution in [2.45, 2.75) is 24.8 Å². The van der Waals surface area contributed by atoms with Crippen LogP contribution in [0.5, 0.6) is 0 Å². The summed E-state index contributed by atoms with van der Waals surface area (Å²) in [5.74, 6) is 0.489. The number of rotatable bonds is 3. The molecule has 3 rings (SSSR count). The molecule has 3 aliphatic heterocycles. The first-order chi connectivity index (χ1) is 9.65. The molecule has 6 heteroatoms. The molecule has 0 aromatic rings. The third kappa shape index (κ3) is 2.57. The highest BCUT2D eigenvalue weighted by Gasteiger charge is 2.51. The van der Waals surface area contributed by atoms with Crippen LogP contribution in [0.4, 0.5) is 0 Å². The molecule has 0 aromatic carbocycles. The van der Waals surface area contributed by atoms with Gasteiger partial charge in [0.05, 0.1) is 12.0 Å². The van der Waals surface area contributed by atoms with Gasteiger partial charge in [0, 0.05) is 38.4 Å². The molecule has 6 nitrogen and oxygen atoms in total. The highest BCUT2D eigenvalue weighted by Crippen LogP contribution is 2.37. The predicted molar refractivity (Wildman–Crippen MR) is 74.2 cm³/mol. The molecule has 0 aromatic heterocycles. The Morgan fingerprint density at radius 1 is 1.30 bits per heavy atom. The van der Waals surface area contributed by atoms with Crippen molar-refractivity contribution < 1.29 is 14.3 Å². The lowest BCUT2D eigenvalue weighted by molar-refractivity contribution is -0.141. The van der Waals surface area contributed by atoms with Gasteiger partial charge in [0.15, 0.2) is 0 Å². The zero-order valence-corrected chi connectivity index (χ0v) is 12.0. The summed E-state index contributed by atoms with van der Waals surface area (Å²) in [5, 5.41) is 6.43. The third-order valence-electron chi connectivity index (χ3n) is 5.12. The lowest BCUT2D eigenvalue weighted by Gasteiger charge is -2.39. The number of amides is 1. The molecule has 4 N–H and O–H groups in total. The van der Waals surface area contributed by atoms with Gasteiger partial charge in [0.2, 0.25) is 5.91 Å². The van der Waals surface area contributed by atoms with Crippen LogP contribution in [0.15, 0.2) is 0 Å². The average Bonchev–Trinajstić information content (AvgIpc) is 2.91. The summed E-state index contributed by atoms with van der Waals surface area (Å²) < 4.78 is 10.9. The predicted octanol–water partition coefficient (Wildman–Crippen LogP) is -0.763. The van der Waals surface area contributed by atoms with E-state index in [1.807, 2.05) is 0 Å². The van der Waals surface area contributed by atoms with E-state index in [9.17, 15) is 4.79 Å². The molecule has 114 valence electrons. The maximum absolute atomic E-state index is 12.7. The highest BCUT2D eigenvalue weighted by atomic mass is 16.5. The van der Waals surface area contributed by atoms with E-state index in [2.05, 4.69) is 10.6 Å². The van der Waals surface area contributed by atoms with Gasteiger partial charge in [-0.1, -0.05) is 0 Å². The van der Waals surface area contributed by atoms with E-state index < -0.39 is 0 Å². The van der Waals surface area contributed by atoms with Gasteiger partial charge < -0.3 is 25.8 Å². The van der Waals surface area contributed by atoms with Crippen LogP contribution in [0.1, 0.15) is 19.3 Å². The fourth-order valence-electron chi connectivity index (χ4n) is 3.55. The number of nitrogens with one attached hydrogen (secondary N) is 2. The van der Waals surface area contributed by atoms with E-state index in [0.29, 0.717) is 38.8 Å². The number of hydrogen-bond acceptors (Lipinski definition) is 5. The van der Waals surface area contributed by atoms with E-state index in [0.717, 1.165) is 32.4 Å². The van der Waals surface area contributed by atoms with Crippen LogP contribution in [0.25, 0.3) is 0 Å². The fourth-order valence-corrected chi connectivity index (χ4v) is 3.55. The summed E-state index contributed by atoms with van der Waals surface area (Å²) >= 11 is 0. The summed E-state index contributed by atoms with van der Waals surface area (Å²) in [6.07, 6.45) is 2.57. The Balaban J connectivity index is 1.60. The average molecular weight is 283 g/mol. The molecule has 0 aliphatic carbocycles. The number of hydrogen-bond donors (Lipinski definition) is 3. The van der Waals surface area contributed by atoms with E-state index in [1.165, 1.54) is 0 Å². The van der Waals surface area contributed by atoms with Gasteiger partial charge in [-0.3, -0.25) is 4.79 Å².